The summed E-state index contributed by atoms with van der Waals surface area (Å²) in [4.78, 5) is 16.4. The van der Waals surface area contributed by atoms with Crippen molar-refractivity contribution in [2.45, 2.75) is 5.03 Å². The lowest BCUT2D eigenvalue weighted by atomic mass is 10.0. The standard InChI is InChI=1S/C21H20N6OS/c1-29-19-3-2-14(13-23-19)16-12-18(27-8-10-28-11-9-27)25-20-15(16)4-6-22-21(20)17-5-7-24-26-17/h2-7,12-13H,8-11H2,1H3,(H,24,26). The number of nitrogens with zero attached hydrogens (tertiary/aromatic N) is 5. The van der Waals surface area contributed by atoms with E-state index in [0.717, 1.165) is 57.4 Å². The highest BCUT2D eigenvalue weighted by atomic mass is 32.2. The third kappa shape index (κ3) is 3.45. The zero-order chi connectivity index (χ0) is 19.6. The lowest BCUT2D eigenvalue weighted by Crippen LogP contribution is -2.36. The fraction of sp³-hybridized carbons (Fsp3) is 0.238. The summed E-state index contributed by atoms with van der Waals surface area (Å²) in [6, 6.07) is 10.3. The zero-order valence-electron chi connectivity index (χ0n) is 16.0. The van der Waals surface area contributed by atoms with Crippen LogP contribution in [0.15, 0.2) is 53.9 Å². The normalized spacial score (nSPS) is 14.4. The van der Waals surface area contributed by atoms with E-state index in [2.05, 4.69) is 43.3 Å². The van der Waals surface area contributed by atoms with Gasteiger partial charge in [-0.1, -0.05) is 6.07 Å². The van der Waals surface area contributed by atoms with Gasteiger partial charge in [0, 0.05) is 42.6 Å². The minimum atomic E-state index is 0.708. The number of morpholine rings is 1. The number of nitrogens with one attached hydrogen (secondary N) is 1. The summed E-state index contributed by atoms with van der Waals surface area (Å²) in [6.07, 6.45) is 7.51. The van der Waals surface area contributed by atoms with Crippen LogP contribution in [-0.4, -0.2) is 57.7 Å². The van der Waals surface area contributed by atoms with Crippen LogP contribution in [-0.2, 0) is 4.74 Å². The van der Waals surface area contributed by atoms with Gasteiger partial charge in [-0.05, 0) is 36.1 Å². The topological polar surface area (TPSA) is 79.8 Å². The summed E-state index contributed by atoms with van der Waals surface area (Å²) < 4.78 is 5.52. The molecule has 0 atom stereocenters. The lowest BCUT2D eigenvalue weighted by Gasteiger charge is -2.28. The predicted molar refractivity (Wildman–Crippen MR) is 115 cm³/mol. The molecule has 8 heteroatoms. The van der Waals surface area contributed by atoms with Gasteiger partial charge >= 0.3 is 0 Å². The van der Waals surface area contributed by atoms with Gasteiger partial charge in [-0.25, -0.2) is 9.97 Å². The van der Waals surface area contributed by atoms with Crippen molar-refractivity contribution in [1.82, 2.24) is 25.1 Å². The van der Waals surface area contributed by atoms with E-state index in [9.17, 15) is 0 Å². The van der Waals surface area contributed by atoms with Crippen molar-refractivity contribution in [3.05, 3.63) is 48.9 Å². The first-order valence-electron chi connectivity index (χ1n) is 9.46. The minimum Gasteiger partial charge on any atom is -0.378 e. The molecule has 5 rings (SSSR count). The Morgan fingerprint density at radius 1 is 1.07 bits per heavy atom. The van der Waals surface area contributed by atoms with E-state index in [4.69, 9.17) is 9.72 Å². The first-order valence-corrected chi connectivity index (χ1v) is 10.7. The van der Waals surface area contributed by atoms with E-state index in [1.807, 2.05) is 30.8 Å². The SMILES string of the molecule is CSc1ccc(-c2cc(N3CCOCC3)nc3c(-c4ccn[nH]4)nccc23)cn1. The van der Waals surface area contributed by atoms with Crippen molar-refractivity contribution in [2.24, 2.45) is 0 Å². The Morgan fingerprint density at radius 3 is 2.69 bits per heavy atom. The highest BCUT2D eigenvalue weighted by Crippen LogP contribution is 2.35. The maximum atomic E-state index is 5.52. The van der Waals surface area contributed by atoms with E-state index >= 15 is 0 Å². The molecule has 146 valence electrons. The van der Waals surface area contributed by atoms with Crippen molar-refractivity contribution in [3.8, 4) is 22.5 Å². The molecule has 1 N–H and O–H groups in total. The molecule has 29 heavy (non-hydrogen) atoms. The predicted octanol–water partition coefficient (Wildman–Crippen LogP) is 3.64. The Kier molecular flexibility index (Phi) is 4.87. The van der Waals surface area contributed by atoms with Crippen LogP contribution in [0.25, 0.3) is 33.4 Å². The number of anilines is 1. The molecule has 4 aromatic heterocycles. The van der Waals surface area contributed by atoms with Crippen molar-refractivity contribution < 1.29 is 4.74 Å². The number of aromatic nitrogens is 5. The average Bonchev–Trinajstić information content (AvgIpc) is 3.33. The van der Waals surface area contributed by atoms with Crippen molar-refractivity contribution in [1.29, 1.82) is 0 Å². The summed E-state index contributed by atoms with van der Waals surface area (Å²) >= 11 is 1.64. The average molecular weight is 404 g/mol. The van der Waals surface area contributed by atoms with Crippen LogP contribution in [0.1, 0.15) is 0 Å². The molecular weight excluding hydrogens is 384 g/mol. The second-order valence-corrected chi connectivity index (χ2v) is 7.57. The fourth-order valence-electron chi connectivity index (χ4n) is 3.58. The summed E-state index contributed by atoms with van der Waals surface area (Å²) in [7, 11) is 0. The minimum absolute atomic E-state index is 0.708. The molecule has 5 heterocycles. The monoisotopic (exact) mass is 404 g/mol. The number of rotatable bonds is 4. The van der Waals surface area contributed by atoms with Crippen molar-refractivity contribution >= 4 is 28.5 Å². The quantitative estimate of drug-likeness (QED) is 0.520. The fourth-order valence-corrected chi connectivity index (χ4v) is 3.94. The highest BCUT2D eigenvalue weighted by Gasteiger charge is 2.18. The Morgan fingerprint density at radius 2 is 1.97 bits per heavy atom. The van der Waals surface area contributed by atoms with E-state index in [1.54, 1.807) is 18.0 Å². The Bertz CT molecular complexity index is 1120. The number of pyridine rings is 3. The largest absolute Gasteiger partial charge is 0.378 e. The number of thioether (sulfide) groups is 1. The van der Waals surface area contributed by atoms with Gasteiger partial charge in [0.15, 0.2) is 0 Å². The van der Waals surface area contributed by atoms with Gasteiger partial charge in [0.1, 0.15) is 17.0 Å². The van der Waals surface area contributed by atoms with E-state index in [0.29, 0.717) is 13.2 Å². The molecule has 1 aliphatic rings. The van der Waals surface area contributed by atoms with Gasteiger partial charge in [-0.3, -0.25) is 10.1 Å². The van der Waals surface area contributed by atoms with Gasteiger partial charge in [0.25, 0.3) is 0 Å². The van der Waals surface area contributed by atoms with Crippen LogP contribution in [0.4, 0.5) is 5.82 Å². The number of ether oxygens (including phenoxy) is 1. The van der Waals surface area contributed by atoms with Crippen LogP contribution in [0, 0.1) is 0 Å². The van der Waals surface area contributed by atoms with E-state index in [1.165, 1.54) is 0 Å². The maximum absolute atomic E-state index is 5.52. The third-order valence-corrected chi connectivity index (χ3v) is 5.72. The molecular formula is C21H20N6OS. The number of H-pyrrole nitrogens is 1. The molecule has 1 aliphatic heterocycles. The van der Waals surface area contributed by atoms with Crippen LogP contribution >= 0.6 is 11.8 Å². The Labute approximate surface area is 172 Å². The van der Waals surface area contributed by atoms with Crippen molar-refractivity contribution in [2.75, 3.05) is 37.5 Å². The summed E-state index contributed by atoms with van der Waals surface area (Å²) in [5, 5.41) is 9.15. The van der Waals surface area contributed by atoms with Gasteiger partial charge in [-0.15, -0.1) is 11.8 Å². The number of hydrogen-bond donors (Lipinski definition) is 1. The first-order chi connectivity index (χ1) is 14.3. The molecule has 0 saturated carbocycles. The smallest absolute Gasteiger partial charge is 0.130 e. The van der Waals surface area contributed by atoms with Gasteiger partial charge < -0.3 is 9.64 Å². The Hall–Kier alpha value is -2.97. The summed E-state index contributed by atoms with van der Waals surface area (Å²) in [5.41, 5.74) is 4.66. The van der Waals surface area contributed by atoms with Crippen LogP contribution in [0.2, 0.25) is 0 Å². The van der Waals surface area contributed by atoms with Crippen molar-refractivity contribution in [3.63, 3.8) is 0 Å². The van der Waals surface area contributed by atoms with Crippen LogP contribution in [0.3, 0.4) is 0 Å². The molecule has 0 spiro atoms. The molecule has 0 aromatic carbocycles. The van der Waals surface area contributed by atoms with Gasteiger partial charge in [-0.2, -0.15) is 5.10 Å². The lowest BCUT2D eigenvalue weighted by molar-refractivity contribution is 0.122. The number of fused-ring (bicyclic) bond motifs is 1. The van der Waals surface area contributed by atoms with Crippen LogP contribution < -0.4 is 4.90 Å². The molecule has 1 saturated heterocycles. The molecule has 0 radical (unpaired) electrons. The second kappa shape index (κ2) is 7.81. The van der Waals surface area contributed by atoms with Gasteiger partial charge in [0.2, 0.25) is 0 Å². The van der Waals surface area contributed by atoms with E-state index < -0.39 is 0 Å². The third-order valence-electron chi connectivity index (χ3n) is 5.06. The molecule has 7 nitrogen and oxygen atoms in total. The maximum Gasteiger partial charge on any atom is 0.130 e. The Balaban J connectivity index is 1.74. The van der Waals surface area contributed by atoms with Crippen LogP contribution in [0.5, 0.6) is 0 Å². The molecule has 0 bridgehead atoms. The molecule has 4 aromatic rings. The highest BCUT2D eigenvalue weighted by molar-refractivity contribution is 7.98. The molecule has 1 fully saturated rings. The second-order valence-electron chi connectivity index (χ2n) is 6.74. The summed E-state index contributed by atoms with van der Waals surface area (Å²) in [6.45, 7) is 3.06. The molecule has 0 amide bonds. The van der Waals surface area contributed by atoms with E-state index in [-0.39, 0.29) is 0 Å². The summed E-state index contributed by atoms with van der Waals surface area (Å²) in [5.74, 6) is 0.929. The first kappa shape index (κ1) is 18.1. The molecule has 0 aliphatic carbocycles. The molecule has 0 unspecified atom stereocenters. The number of aromatic amines is 1. The number of hydrogen-bond acceptors (Lipinski definition) is 7. The zero-order valence-corrected chi connectivity index (χ0v) is 16.8. The van der Waals surface area contributed by atoms with Gasteiger partial charge in [0.05, 0.1) is 23.9 Å².